The molecule has 2 rings (SSSR count). The van der Waals surface area contributed by atoms with E-state index in [1.54, 1.807) is 0 Å². The number of carbonyl (C=O) groups is 1. The highest BCUT2D eigenvalue weighted by Gasteiger charge is 2.12. The molecule has 17 heavy (non-hydrogen) atoms. The van der Waals surface area contributed by atoms with Crippen LogP contribution in [0.2, 0.25) is 5.15 Å². The smallest absolute Gasteiger partial charge is 0.280 e. The molecule has 0 atom stereocenters. The van der Waals surface area contributed by atoms with Gasteiger partial charge in [-0.3, -0.25) is 10.1 Å². The molecular weight excluding hydrogens is 248 g/mol. The van der Waals surface area contributed by atoms with Gasteiger partial charge < -0.3 is 9.26 Å². The minimum absolute atomic E-state index is 0.0300. The van der Waals surface area contributed by atoms with E-state index in [-0.39, 0.29) is 22.7 Å². The maximum absolute atomic E-state index is 11.6. The van der Waals surface area contributed by atoms with Gasteiger partial charge in [-0.15, -0.1) is 0 Å². The zero-order valence-electron chi connectivity index (χ0n) is 8.68. The van der Waals surface area contributed by atoms with E-state index in [0.717, 1.165) is 0 Å². The molecule has 2 aromatic heterocycles. The Kier molecular flexibility index (Phi) is 3.20. The Balaban J connectivity index is 2.18. The largest absolute Gasteiger partial charge is 0.481 e. The summed E-state index contributed by atoms with van der Waals surface area (Å²) in [6.07, 6.45) is 1.29. The van der Waals surface area contributed by atoms with Crippen molar-refractivity contribution in [3.05, 3.63) is 29.2 Å². The van der Waals surface area contributed by atoms with Crippen LogP contribution in [-0.2, 0) is 0 Å². The molecule has 0 aliphatic rings. The Morgan fingerprint density at radius 1 is 1.53 bits per heavy atom. The van der Waals surface area contributed by atoms with Crippen molar-refractivity contribution in [2.75, 3.05) is 12.4 Å². The van der Waals surface area contributed by atoms with Crippen LogP contribution < -0.4 is 10.1 Å². The van der Waals surface area contributed by atoms with E-state index >= 15 is 0 Å². The van der Waals surface area contributed by atoms with E-state index in [1.165, 1.54) is 25.5 Å². The summed E-state index contributed by atoms with van der Waals surface area (Å²) in [7, 11) is 1.43. The summed E-state index contributed by atoms with van der Waals surface area (Å²) in [4.78, 5) is 19.3. The molecule has 0 unspecified atom stereocenters. The predicted molar refractivity (Wildman–Crippen MR) is 58.1 cm³/mol. The Labute approximate surface area is 101 Å². The van der Waals surface area contributed by atoms with Crippen molar-refractivity contribution in [1.29, 1.82) is 0 Å². The van der Waals surface area contributed by atoms with Crippen molar-refractivity contribution in [2.24, 2.45) is 0 Å². The Hall–Kier alpha value is -2.15. The molecule has 0 saturated carbocycles. The average molecular weight is 255 g/mol. The number of rotatable bonds is 3. The number of hydrogen-bond donors (Lipinski definition) is 1. The zero-order valence-corrected chi connectivity index (χ0v) is 9.43. The maximum atomic E-state index is 11.6. The van der Waals surface area contributed by atoms with Gasteiger partial charge >= 0.3 is 0 Å². The lowest BCUT2D eigenvalue weighted by Crippen LogP contribution is -2.14. The second kappa shape index (κ2) is 4.79. The van der Waals surface area contributed by atoms with Crippen molar-refractivity contribution in [3.63, 3.8) is 0 Å². The first-order valence-electron chi connectivity index (χ1n) is 4.49. The SMILES string of the molecule is COc1cc(Cl)nc(NC(=O)c2ccon2)n1. The number of aromatic nitrogens is 3. The number of anilines is 1. The number of ether oxygens (including phenoxy) is 1. The fourth-order valence-corrected chi connectivity index (χ4v) is 1.23. The van der Waals surface area contributed by atoms with Crippen LogP contribution in [0.1, 0.15) is 10.5 Å². The molecule has 0 aromatic carbocycles. The fraction of sp³-hybridized carbons (Fsp3) is 0.111. The summed E-state index contributed by atoms with van der Waals surface area (Å²) in [5.74, 6) is -0.217. The molecule has 88 valence electrons. The van der Waals surface area contributed by atoms with E-state index in [1.807, 2.05) is 0 Å². The van der Waals surface area contributed by atoms with Crippen LogP contribution in [0.25, 0.3) is 0 Å². The molecule has 0 saturated heterocycles. The second-order valence-electron chi connectivity index (χ2n) is 2.90. The van der Waals surface area contributed by atoms with Crippen LogP contribution in [0.4, 0.5) is 5.95 Å². The lowest BCUT2D eigenvalue weighted by molar-refractivity contribution is 0.101. The molecule has 0 radical (unpaired) electrons. The van der Waals surface area contributed by atoms with E-state index in [0.29, 0.717) is 0 Å². The molecule has 0 bridgehead atoms. The fourth-order valence-electron chi connectivity index (χ4n) is 1.05. The summed E-state index contributed by atoms with van der Waals surface area (Å²) in [6, 6.07) is 2.84. The molecule has 2 aromatic rings. The molecule has 8 heteroatoms. The number of halogens is 1. The van der Waals surface area contributed by atoms with Gasteiger partial charge in [0.2, 0.25) is 11.8 Å². The highest BCUT2D eigenvalue weighted by atomic mass is 35.5. The first-order valence-corrected chi connectivity index (χ1v) is 4.87. The maximum Gasteiger partial charge on any atom is 0.280 e. The molecule has 0 fully saturated rings. The lowest BCUT2D eigenvalue weighted by Gasteiger charge is -2.03. The van der Waals surface area contributed by atoms with Crippen LogP contribution in [0.5, 0.6) is 5.88 Å². The van der Waals surface area contributed by atoms with E-state index in [2.05, 4.69) is 25.0 Å². The van der Waals surface area contributed by atoms with Crippen LogP contribution in [-0.4, -0.2) is 28.1 Å². The normalized spacial score (nSPS) is 10.0. The van der Waals surface area contributed by atoms with Crippen LogP contribution >= 0.6 is 11.6 Å². The molecule has 7 nitrogen and oxygen atoms in total. The number of nitrogens with one attached hydrogen (secondary N) is 1. The number of carbonyl (C=O) groups excluding carboxylic acids is 1. The quantitative estimate of drug-likeness (QED) is 0.832. The van der Waals surface area contributed by atoms with Gasteiger partial charge in [-0.1, -0.05) is 16.8 Å². The average Bonchev–Trinajstić information content (AvgIpc) is 2.81. The zero-order chi connectivity index (χ0) is 12.3. The summed E-state index contributed by atoms with van der Waals surface area (Å²) in [6.45, 7) is 0. The molecule has 1 N–H and O–H groups in total. The van der Waals surface area contributed by atoms with Crippen molar-refractivity contribution in [2.45, 2.75) is 0 Å². The second-order valence-corrected chi connectivity index (χ2v) is 3.28. The van der Waals surface area contributed by atoms with E-state index in [4.69, 9.17) is 16.3 Å². The van der Waals surface area contributed by atoms with Crippen LogP contribution in [0, 0.1) is 0 Å². The van der Waals surface area contributed by atoms with Crippen molar-refractivity contribution >= 4 is 23.5 Å². The van der Waals surface area contributed by atoms with Crippen molar-refractivity contribution in [3.8, 4) is 5.88 Å². The first kappa shape index (κ1) is 11.3. The van der Waals surface area contributed by atoms with Gasteiger partial charge in [0.1, 0.15) is 11.4 Å². The highest BCUT2D eigenvalue weighted by molar-refractivity contribution is 6.29. The summed E-state index contributed by atoms with van der Waals surface area (Å²) in [5.41, 5.74) is 0.118. The molecule has 0 aliphatic heterocycles. The number of methoxy groups -OCH3 is 1. The Bertz CT molecular complexity index is 529. The van der Waals surface area contributed by atoms with Gasteiger partial charge in [0, 0.05) is 12.1 Å². The summed E-state index contributed by atoms with van der Waals surface area (Å²) >= 11 is 5.72. The number of hydrogen-bond acceptors (Lipinski definition) is 6. The number of amides is 1. The van der Waals surface area contributed by atoms with Gasteiger partial charge in [-0.25, -0.2) is 4.98 Å². The monoisotopic (exact) mass is 254 g/mol. The predicted octanol–water partition coefficient (Wildman–Crippen LogP) is 1.38. The number of nitrogens with zero attached hydrogens (tertiary/aromatic N) is 3. The molecule has 2 heterocycles. The van der Waals surface area contributed by atoms with Gasteiger partial charge in [0.05, 0.1) is 7.11 Å². The lowest BCUT2D eigenvalue weighted by atomic mass is 10.4. The van der Waals surface area contributed by atoms with E-state index < -0.39 is 5.91 Å². The highest BCUT2D eigenvalue weighted by Crippen LogP contribution is 2.16. The van der Waals surface area contributed by atoms with Crippen molar-refractivity contribution in [1.82, 2.24) is 15.1 Å². The third-order valence-electron chi connectivity index (χ3n) is 1.78. The van der Waals surface area contributed by atoms with Gasteiger partial charge in [0.25, 0.3) is 5.91 Å². The summed E-state index contributed by atoms with van der Waals surface area (Å²) in [5, 5.41) is 6.04. The topological polar surface area (TPSA) is 90.1 Å². The minimum Gasteiger partial charge on any atom is -0.481 e. The van der Waals surface area contributed by atoms with Gasteiger partial charge in [0.15, 0.2) is 5.69 Å². The third-order valence-corrected chi connectivity index (χ3v) is 1.97. The molecule has 0 aliphatic carbocycles. The third kappa shape index (κ3) is 2.70. The Morgan fingerprint density at radius 3 is 3.00 bits per heavy atom. The molecular formula is C9H7ClN4O3. The van der Waals surface area contributed by atoms with Crippen LogP contribution in [0.15, 0.2) is 22.9 Å². The Morgan fingerprint density at radius 2 is 2.35 bits per heavy atom. The van der Waals surface area contributed by atoms with Gasteiger partial charge in [-0.2, -0.15) is 4.98 Å². The van der Waals surface area contributed by atoms with E-state index in [9.17, 15) is 4.79 Å². The minimum atomic E-state index is -0.497. The molecule has 1 amide bonds. The van der Waals surface area contributed by atoms with Gasteiger partial charge in [-0.05, 0) is 0 Å². The van der Waals surface area contributed by atoms with Crippen LogP contribution in [0.3, 0.4) is 0 Å². The molecule has 0 spiro atoms. The van der Waals surface area contributed by atoms with Crippen molar-refractivity contribution < 1.29 is 14.1 Å². The summed E-state index contributed by atoms with van der Waals surface area (Å²) < 4.78 is 9.43. The standard InChI is InChI=1S/C9H7ClN4O3/c1-16-7-4-6(10)11-9(12-7)13-8(15)5-2-3-17-14-5/h2-4H,1H3,(H,11,12,13,15). The first-order chi connectivity index (χ1) is 8.19.